The van der Waals surface area contributed by atoms with E-state index < -0.39 is 5.41 Å². The van der Waals surface area contributed by atoms with Crippen LogP contribution in [0.25, 0.3) is 11.3 Å². The second kappa shape index (κ2) is 6.12. The second-order valence-electron chi connectivity index (χ2n) is 6.29. The summed E-state index contributed by atoms with van der Waals surface area (Å²) in [6.07, 6.45) is 2.57. The van der Waals surface area contributed by atoms with Crippen molar-refractivity contribution in [1.82, 2.24) is 15.1 Å². The van der Waals surface area contributed by atoms with Crippen LogP contribution in [0.3, 0.4) is 0 Å². The molecule has 122 valence electrons. The number of aromatic amines is 1. The monoisotopic (exact) mass is 317 g/mol. The molecule has 2 heterocycles. The van der Waals surface area contributed by atoms with E-state index in [2.05, 4.69) is 15.1 Å². The van der Waals surface area contributed by atoms with Crippen LogP contribution in [0.2, 0.25) is 0 Å². The Bertz CT molecular complexity index is 698. The SMILES string of the molecule is COC(=O)C1(C)CCN(Cc2cn[nH]c2-c2ccc(F)cc2)C1. The van der Waals surface area contributed by atoms with Crippen LogP contribution in [0.1, 0.15) is 18.9 Å². The lowest BCUT2D eigenvalue weighted by Crippen LogP contribution is -2.32. The zero-order valence-electron chi connectivity index (χ0n) is 13.3. The minimum Gasteiger partial charge on any atom is -0.469 e. The van der Waals surface area contributed by atoms with Crippen molar-refractivity contribution >= 4 is 5.97 Å². The summed E-state index contributed by atoms with van der Waals surface area (Å²) in [5.74, 6) is -0.422. The smallest absolute Gasteiger partial charge is 0.312 e. The number of rotatable bonds is 4. The summed E-state index contributed by atoms with van der Waals surface area (Å²) in [7, 11) is 1.43. The van der Waals surface area contributed by atoms with Gasteiger partial charge in [-0.05, 0) is 44.2 Å². The van der Waals surface area contributed by atoms with E-state index in [0.29, 0.717) is 13.1 Å². The van der Waals surface area contributed by atoms with Crippen molar-refractivity contribution in [3.8, 4) is 11.3 Å². The van der Waals surface area contributed by atoms with Crippen molar-refractivity contribution in [2.45, 2.75) is 19.9 Å². The number of carbonyl (C=O) groups is 1. The third kappa shape index (κ3) is 3.12. The molecule has 0 amide bonds. The Morgan fingerprint density at radius 3 is 2.87 bits per heavy atom. The maximum Gasteiger partial charge on any atom is 0.312 e. The number of halogens is 1. The minimum absolute atomic E-state index is 0.161. The van der Waals surface area contributed by atoms with E-state index in [0.717, 1.165) is 29.8 Å². The van der Waals surface area contributed by atoms with Gasteiger partial charge in [0, 0.05) is 24.2 Å². The maximum absolute atomic E-state index is 13.1. The Morgan fingerprint density at radius 1 is 1.43 bits per heavy atom. The Balaban J connectivity index is 1.74. The maximum atomic E-state index is 13.1. The third-order valence-corrected chi connectivity index (χ3v) is 4.48. The van der Waals surface area contributed by atoms with Crippen molar-refractivity contribution in [1.29, 1.82) is 0 Å². The highest BCUT2D eigenvalue weighted by Crippen LogP contribution is 2.33. The average molecular weight is 317 g/mol. The molecule has 0 bridgehead atoms. The summed E-state index contributed by atoms with van der Waals surface area (Å²) in [6.45, 7) is 4.12. The Morgan fingerprint density at radius 2 is 2.17 bits per heavy atom. The molecule has 1 aromatic heterocycles. The van der Waals surface area contributed by atoms with Gasteiger partial charge in [0.1, 0.15) is 5.82 Å². The van der Waals surface area contributed by atoms with Crippen LogP contribution in [0.4, 0.5) is 4.39 Å². The molecule has 1 fully saturated rings. The lowest BCUT2D eigenvalue weighted by Gasteiger charge is -2.21. The van der Waals surface area contributed by atoms with Gasteiger partial charge in [0.05, 0.1) is 24.4 Å². The number of carbonyl (C=O) groups excluding carboxylic acids is 1. The fourth-order valence-corrected chi connectivity index (χ4v) is 3.14. The highest BCUT2D eigenvalue weighted by Gasteiger charge is 2.41. The highest BCUT2D eigenvalue weighted by atomic mass is 19.1. The molecule has 6 heteroatoms. The molecular weight excluding hydrogens is 297 g/mol. The van der Waals surface area contributed by atoms with Crippen LogP contribution in [0, 0.1) is 11.2 Å². The van der Waals surface area contributed by atoms with Gasteiger partial charge in [-0.2, -0.15) is 5.10 Å². The minimum atomic E-state index is -0.450. The fourth-order valence-electron chi connectivity index (χ4n) is 3.14. The lowest BCUT2D eigenvalue weighted by molar-refractivity contribution is -0.151. The predicted octanol–water partition coefficient (Wildman–Crippen LogP) is 2.60. The van der Waals surface area contributed by atoms with Gasteiger partial charge >= 0.3 is 5.97 Å². The summed E-state index contributed by atoms with van der Waals surface area (Å²) in [6, 6.07) is 6.33. The molecule has 0 radical (unpaired) electrons. The third-order valence-electron chi connectivity index (χ3n) is 4.48. The van der Waals surface area contributed by atoms with Gasteiger partial charge < -0.3 is 4.74 Å². The standard InChI is InChI=1S/C17H20FN3O2/c1-17(16(22)23-2)7-8-21(11-17)10-13-9-19-20-15(13)12-3-5-14(18)6-4-12/h3-6,9H,7-8,10-11H2,1-2H3,(H,19,20). The molecule has 3 rings (SSSR count). The molecule has 5 nitrogen and oxygen atoms in total. The molecule has 1 aliphatic rings. The van der Waals surface area contributed by atoms with Crippen molar-refractivity contribution in [2.75, 3.05) is 20.2 Å². The van der Waals surface area contributed by atoms with Crippen molar-refractivity contribution < 1.29 is 13.9 Å². The number of nitrogens with zero attached hydrogens (tertiary/aromatic N) is 2. The largest absolute Gasteiger partial charge is 0.469 e. The molecule has 1 aliphatic heterocycles. The van der Waals surface area contributed by atoms with Gasteiger partial charge in [0.2, 0.25) is 0 Å². The average Bonchev–Trinajstić information content (AvgIpc) is 3.15. The van der Waals surface area contributed by atoms with Gasteiger partial charge in [-0.25, -0.2) is 4.39 Å². The van der Waals surface area contributed by atoms with Crippen LogP contribution < -0.4 is 0 Å². The van der Waals surface area contributed by atoms with Crippen LogP contribution in [0.5, 0.6) is 0 Å². The molecule has 1 unspecified atom stereocenters. The number of esters is 1. The van der Waals surface area contributed by atoms with E-state index in [9.17, 15) is 9.18 Å². The zero-order chi connectivity index (χ0) is 16.4. The normalized spacial score (nSPS) is 21.5. The van der Waals surface area contributed by atoms with Crippen molar-refractivity contribution in [3.63, 3.8) is 0 Å². The van der Waals surface area contributed by atoms with Crippen LogP contribution in [-0.2, 0) is 16.1 Å². The molecule has 0 spiro atoms. The molecule has 23 heavy (non-hydrogen) atoms. The number of benzene rings is 1. The topological polar surface area (TPSA) is 58.2 Å². The molecule has 2 aromatic rings. The first-order valence-corrected chi connectivity index (χ1v) is 7.61. The van der Waals surface area contributed by atoms with Crippen molar-refractivity contribution in [2.24, 2.45) is 5.41 Å². The molecule has 1 aromatic carbocycles. The number of H-pyrrole nitrogens is 1. The van der Waals surface area contributed by atoms with E-state index in [1.54, 1.807) is 18.3 Å². The molecule has 0 saturated carbocycles. The van der Waals surface area contributed by atoms with Gasteiger partial charge in [0.15, 0.2) is 0 Å². The predicted molar refractivity (Wildman–Crippen MR) is 84.0 cm³/mol. The van der Waals surface area contributed by atoms with E-state index in [1.807, 2.05) is 6.92 Å². The van der Waals surface area contributed by atoms with E-state index in [1.165, 1.54) is 19.2 Å². The number of nitrogens with one attached hydrogen (secondary N) is 1. The molecule has 1 atom stereocenters. The van der Waals surface area contributed by atoms with Crippen LogP contribution in [-0.4, -0.2) is 41.3 Å². The molecular formula is C17H20FN3O2. The highest BCUT2D eigenvalue weighted by molar-refractivity contribution is 5.77. The van der Waals surface area contributed by atoms with Gasteiger partial charge in [-0.1, -0.05) is 0 Å². The quantitative estimate of drug-likeness (QED) is 0.881. The van der Waals surface area contributed by atoms with Crippen molar-refractivity contribution in [3.05, 3.63) is 41.8 Å². The summed E-state index contributed by atoms with van der Waals surface area (Å²) >= 11 is 0. The molecule has 1 N–H and O–H groups in total. The Labute approximate surface area is 134 Å². The van der Waals surface area contributed by atoms with Crippen LogP contribution in [0.15, 0.2) is 30.5 Å². The number of ether oxygens (including phenoxy) is 1. The number of hydrogen-bond donors (Lipinski definition) is 1. The van der Waals surface area contributed by atoms with E-state index in [-0.39, 0.29) is 11.8 Å². The fraction of sp³-hybridized carbons (Fsp3) is 0.412. The number of likely N-dealkylation sites (tertiary alicyclic amines) is 1. The number of aromatic nitrogens is 2. The van der Waals surface area contributed by atoms with Gasteiger partial charge in [-0.15, -0.1) is 0 Å². The van der Waals surface area contributed by atoms with Gasteiger partial charge in [-0.3, -0.25) is 14.8 Å². The van der Waals surface area contributed by atoms with E-state index in [4.69, 9.17) is 4.74 Å². The second-order valence-corrected chi connectivity index (χ2v) is 6.29. The molecule has 0 aliphatic carbocycles. The number of hydrogen-bond acceptors (Lipinski definition) is 4. The first-order valence-electron chi connectivity index (χ1n) is 7.61. The van der Waals surface area contributed by atoms with Crippen LogP contribution >= 0.6 is 0 Å². The lowest BCUT2D eigenvalue weighted by atomic mass is 9.90. The molecule has 1 saturated heterocycles. The first kappa shape index (κ1) is 15.7. The summed E-state index contributed by atoms with van der Waals surface area (Å²) in [5.41, 5.74) is 2.37. The first-order chi connectivity index (χ1) is 11.0. The number of methoxy groups -OCH3 is 1. The summed E-state index contributed by atoms with van der Waals surface area (Å²) in [5, 5.41) is 7.09. The Kier molecular flexibility index (Phi) is 4.17. The summed E-state index contributed by atoms with van der Waals surface area (Å²) < 4.78 is 18.0. The summed E-state index contributed by atoms with van der Waals surface area (Å²) in [4.78, 5) is 14.1. The Hall–Kier alpha value is -2.21. The van der Waals surface area contributed by atoms with Gasteiger partial charge in [0.25, 0.3) is 0 Å². The zero-order valence-corrected chi connectivity index (χ0v) is 13.3. The van der Waals surface area contributed by atoms with E-state index >= 15 is 0 Å².